The molecule has 0 spiro atoms. The van der Waals surface area contributed by atoms with Crippen LogP contribution in [0.5, 0.6) is 0 Å². The molecular formula is C21H18N6O. The van der Waals surface area contributed by atoms with Crippen LogP contribution in [0, 0.1) is 18.3 Å². The van der Waals surface area contributed by atoms with Crippen LogP contribution in [0.4, 0.5) is 5.82 Å². The summed E-state index contributed by atoms with van der Waals surface area (Å²) in [6, 6.07) is 9.49. The van der Waals surface area contributed by atoms with Gasteiger partial charge in [-0.05, 0) is 36.6 Å². The van der Waals surface area contributed by atoms with Crippen molar-refractivity contribution in [2.45, 2.75) is 19.9 Å². The molecule has 4 rings (SSSR count). The molecule has 1 aromatic carbocycles. The van der Waals surface area contributed by atoms with Crippen LogP contribution in [0.15, 0.2) is 42.9 Å². The van der Waals surface area contributed by atoms with Crippen molar-refractivity contribution in [1.82, 2.24) is 19.9 Å². The molecule has 3 heterocycles. The molecule has 0 unspecified atom stereocenters. The Kier molecular flexibility index (Phi) is 4.45. The highest BCUT2D eigenvalue weighted by molar-refractivity contribution is 5.94. The topological polar surface area (TPSA) is 109 Å². The third-order valence-corrected chi connectivity index (χ3v) is 4.94. The number of amides is 1. The number of nitrogens with two attached hydrogens (primary N) is 1. The van der Waals surface area contributed by atoms with Gasteiger partial charge in [-0.2, -0.15) is 5.26 Å². The number of anilines is 1. The minimum atomic E-state index is -0.0463. The molecule has 0 atom stereocenters. The molecule has 28 heavy (non-hydrogen) atoms. The number of nitrogens with zero attached hydrogens (tertiary/aromatic N) is 5. The van der Waals surface area contributed by atoms with Crippen molar-refractivity contribution >= 4 is 11.7 Å². The number of hydrogen-bond acceptors (Lipinski definition) is 6. The number of carbonyl (C=O) groups is 1. The third-order valence-electron chi connectivity index (χ3n) is 4.94. The molecule has 1 aliphatic rings. The standard InChI is InChI=1S/C21H18N6O/c1-13-18(8-22)17-6-7-27(12-16(17)9-25-13)21(28)15-4-2-14(3-5-15)19-10-24-11-20(23)26-19/h2-5,9-11H,6-7,12H2,1H3,(H2,23,26). The van der Waals surface area contributed by atoms with Crippen molar-refractivity contribution in [3.63, 3.8) is 0 Å². The molecule has 0 bridgehead atoms. The number of fused-ring (bicyclic) bond motifs is 1. The number of rotatable bonds is 2. The van der Waals surface area contributed by atoms with Gasteiger partial charge in [0.2, 0.25) is 0 Å². The summed E-state index contributed by atoms with van der Waals surface area (Å²) in [7, 11) is 0. The van der Waals surface area contributed by atoms with Crippen molar-refractivity contribution in [1.29, 1.82) is 5.26 Å². The zero-order valence-electron chi connectivity index (χ0n) is 15.4. The normalized spacial score (nSPS) is 12.9. The van der Waals surface area contributed by atoms with E-state index in [-0.39, 0.29) is 5.91 Å². The van der Waals surface area contributed by atoms with Gasteiger partial charge in [-0.3, -0.25) is 14.8 Å². The minimum Gasteiger partial charge on any atom is -0.382 e. The van der Waals surface area contributed by atoms with E-state index < -0.39 is 0 Å². The van der Waals surface area contributed by atoms with Crippen LogP contribution in [0.3, 0.4) is 0 Å². The summed E-state index contributed by atoms with van der Waals surface area (Å²) in [5.74, 6) is 0.306. The van der Waals surface area contributed by atoms with Crippen molar-refractivity contribution in [2.75, 3.05) is 12.3 Å². The molecule has 1 aliphatic heterocycles. The van der Waals surface area contributed by atoms with Crippen molar-refractivity contribution < 1.29 is 4.79 Å². The first-order valence-electron chi connectivity index (χ1n) is 8.91. The SMILES string of the molecule is Cc1ncc2c(c1C#N)CCN(C(=O)c1ccc(-c3cncc(N)n3)cc1)C2. The van der Waals surface area contributed by atoms with E-state index >= 15 is 0 Å². The van der Waals surface area contributed by atoms with Crippen LogP contribution in [-0.2, 0) is 13.0 Å². The number of benzene rings is 1. The highest BCUT2D eigenvalue weighted by Gasteiger charge is 2.24. The van der Waals surface area contributed by atoms with E-state index in [1.165, 1.54) is 6.20 Å². The first-order valence-corrected chi connectivity index (χ1v) is 8.91. The van der Waals surface area contributed by atoms with Gasteiger partial charge in [0.05, 0.1) is 29.3 Å². The lowest BCUT2D eigenvalue weighted by Gasteiger charge is -2.29. The lowest BCUT2D eigenvalue weighted by molar-refractivity contribution is 0.0734. The molecule has 7 nitrogen and oxygen atoms in total. The monoisotopic (exact) mass is 370 g/mol. The van der Waals surface area contributed by atoms with E-state index in [4.69, 9.17) is 5.73 Å². The summed E-state index contributed by atoms with van der Waals surface area (Å²) in [5.41, 5.74) is 11.1. The lowest BCUT2D eigenvalue weighted by atomic mass is 9.95. The Balaban J connectivity index is 1.55. The van der Waals surface area contributed by atoms with Gasteiger partial charge in [-0.1, -0.05) is 12.1 Å². The molecular weight excluding hydrogens is 352 g/mol. The maximum Gasteiger partial charge on any atom is 0.254 e. The highest BCUT2D eigenvalue weighted by Crippen LogP contribution is 2.25. The third kappa shape index (κ3) is 3.16. The summed E-state index contributed by atoms with van der Waals surface area (Å²) < 4.78 is 0. The largest absolute Gasteiger partial charge is 0.382 e. The van der Waals surface area contributed by atoms with Crippen molar-refractivity contribution in [2.24, 2.45) is 0 Å². The van der Waals surface area contributed by atoms with Crippen molar-refractivity contribution in [3.8, 4) is 17.3 Å². The summed E-state index contributed by atoms with van der Waals surface area (Å²) in [5, 5.41) is 9.38. The first kappa shape index (κ1) is 17.6. The number of hydrogen-bond donors (Lipinski definition) is 1. The van der Waals surface area contributed by atoms with Gasteiger partial charge in [0, 0.05) is 30.4 Å². The second-order valence-corrected chi connectivity index (χ2v) is 6.72. The van der Waals surface area contributed by atoms with E-state index in [1.807, 2.05) is 19.1 Å². The Morgan fingerprint density at radius 2 is 2.00 bits per heavy atom. The van der Waals surface area contributed by atoms with Crippen LogP contribution >= 0.6 is 0 Å². The Bertz CT molecular complexity index is 1100. The van der Waals surface area contributed by atoms with Crippen LogP contribution in [-0.4, -0.2) is 32.3 Å². The smallest absolute Gasteiger partial charge is 0.254 e. The lowest BCUT2D eigenvalue weighted by Crippen LogP contribution is -2.36. The zero-order valence-corrected chi connectivity index (χ0v) is 15.4. The van der Waals surface area contributed by atoms with Gasteiger partial charge in [-0.15, -0.1) is 0 Å². The molecule has 3 aromatic rings. The first-order chi connectivity index (χ1) is 13.6. The number of aromatic nitrogens is 3. The van der Waals surface area contributed by atoms with E-state index in [1.54, 1.807) is 29.4 Å². The number of nitriles is 1. The number of aryl methyl sites for hydroxylation is 1. The van der Waals surface area contributed by atoms with Crippen molar-refractivity contribution in [3.05, 3.63) is 70.8 Å². The Hall–Kier alpha value is -3.79. The molecule has 0 saturated carbocycles. The maximum atomic E-state index is 12.9. The van der Waals surface area contributed by atoms with Gasteiger partial charge in [-0.25, -0.2) is 4.98 Å². The van der Waals surface area contributed by atoms with Gasteiger partial charge in [0.15, 0.2) is 0 Å². The average Bonchev–Trinajstić information content (AvgIpc) is 2.73. The summed E-state index contributed by atoms with van der Waals surface area (Å²) >= 11 is 0. The van der Waals surface area contributed by atoms with Crippen LogP contribution < -0.4 is 5.73 Å². The zero-order chi connectivity index (χ0) is 19.7. The molecule has 0 fully saturated rings. The fourth-order valence-electron chi connectivity index (χ4n) is 3.46. The fraction of sp³-hybridized carbons (Fsp3) is 0.190. The predicted molar refractivity (Wildman–Crippen MR) is 104 cm³/mol. The van der Waals surface area contributed by atoms with E-state index in [2.05, 4.69) is 21.0 Å². The van der Waals surface area contributed by atoms with Crippen LogP contribution in [0.1, 0.15) is 32.7 Å². The molecule has 0 radical (unpaired) electrons. The van der Waals surface area contributed by atoms with Gasteiger partial charge >= 0.3 is 0 Å². The number of carbonyl (C=O) groups excluding carboxylic acids is 1. The Morgan fingerprint density at radius 3 is 2.71 bits per heavy atom. The quantitative estimate of drug-likeness (QED) is 0.742. The average molecular weight is 370 g/mol. The van der Waals surface area contributed by atoms with E-state index in [0.29, 0.717) is 42.1 Å². The second-order valence-electron chi connectivity index (χ2n) is 6.72. The van der Waals surface area contributed by atoms with Crippen LogP contribution in [0.25, 0.3) is 11.3 Å². The Labute approximate surface area is 162 Å². The molecule has 1 amide bonds. The summed E-state index contributed by atoms with van der Waals surface area (Å²) in [6.07, 6.45) is 5.55. The van der Waals surface area contributed by atoms with E-state index in [9.17, 15) is 10.1 Å². The van der Waals surface area contributed by atoms with E-state index in [0.717, 1.165) is 22.4 Å². The van der Waals surface area contributed by atoms with Crippen LogP contribution in [0.2, 0.25) is 0 Å². The van der Waals surface area contributed by atoms with Gasteiger partial charge in [0.1, 0.15) is 11.9 Å². The number of pyridine rings is 1. The number of nitrogen functional groups attached to an aromatic ring is 1. The van der Waals surface area contributed by atoms with Gasteiger partial charge in [0.25, 0.3) is 5.91 Å². The minimum absolute atomic E-state index is 0.0463. The Morgan fingerprint density at radius 1 is 1.21 bits per heavy atom. The molecule has 2 N–H and O–H groups in total. The fourth-order valence-corrected chi connectivity index (χ4v) is 3.46. The second kappa shape index (κ2) is 7.08. The molecule has 0 aliphatic carbocycles. The molecule has 138 valence electrons. The molecule has 0 saturated heterocycles. The molecule has 7 heteroatoms. The van der Waals surface area contributed by atoms with Gasteiger partial charge < -0.3 is 10.6 Å². The highest BCUT2D eigenvalue weighted by atomic mass is 16.2. The predicted octanol–water partition coefficient (Wildman–Crippen LogP) is 2.50. The maximum absolute atomic E-state index is 12.9. The molecule has 2 aromatic heterocycles. The summed E-state index contributed by atoms with van der Waals surface area (Å²) in [4.78, 5) is 27.3. The summed E-state index contributed by atoms with van der Waals surface area (Å²) in [6.45, 7) is 2.87.